The number of carbonyl (C=O) groups excluding carboxylic acids is 6. The van der Waals surface area contributed by atoms with Gasteiger partial charge in [0.25, 0.3) is 23.6 Å². The van der Waals surface area contributed by atoms with Gasteiger partial charge in [0.2, 0.25) is 11.8 Å². The van der Waals surface area contributed by atoms with Gasteiger partial charge < -0.3 is 20.4 Å². The van der Waals surface area contributed by atoms with Crippen molar-refractivity contribution in [3.8, 4) is 0 Å². The Morgan fingerprint density at radius 1 is 0.483 bits per heavy atom. The topological polar surface area (TPSA) is 182 Å². The zero-order valence-corrected chi connectivity index (χ0v) is 31.8. The van der Waals surface area contributed by atoms with E-state index in [1.54, 1.807) is 48.5 Å². The minimum Gasteiger partial charge on any atom is -0.342 e. The van der Waals surface area contributed by atoms with Crippen molar-refractivity contribution in [2.75, 3.05) is 13.1 Å². The lowest BCUT2D eigenvalue weighted by atomic mass is 10.0. The van der Waals surface area contributed by atoms with E-state index in [1.165, 1.54) is 22.2 Å². The Hall–Kier alpha value is -6.96. The molecule has 58 heavy (non-hydrogen) atoms. The van der Waals surface area contributed by atoms with Crippen molar-refractivity contribution in [2.45, 2.75) is 62.7 Å². The summed E-state index contributed by atoms with van der Waals surface area (Å²) in [5.74, 6) is -2.63. The molecule has 4 aromatic carbocycles. The van der Waals surface area contributed by atoms with Gasteiger partial charge in [-0.3, -0.25) is 28.8 Å². The van der Waals surface area contributed by atoms with E-state index in [0.717, 1.165) is 11.1 Å². The van der Waals surface area contributed by atoms with E-state index < -0.39 is 47.8 Å². The average Bonchev–Trinajstić information content (AvgIpc) is 3.95. The Labute approximate surface area is 335 Å². The highest BCUT2D eigenvalue weighted by molar-refractivity contribution is 6.01. The minimum atomic E-state index is -0.991. The molecule has 6 aliphatic rings. The van der Waals surface area contributed by atoms with Crippen molar-refractivity contribution in [1.82, 2.24) is 31.3 Å². The molecule has 2 saturated heterocycles. The Kier molecular flexibility index (Phi) is 12.4. The highest BCUT2D eigenvalue weighted by atomic mass is 16.2. The Morgan fingerprint density at radius 2 is 0.862 bits per heavy atom. The quantitative estimate of drug-likeness (QED) is 0.247. The lowest BCUT2D eigenvalue weighted by Crippen LogP contribution is -2.53. The van der Waals surface area contributed by atoms with Gasteiger partial charge >= 0.3 is 0 Å². The molecule has 0 saturated carbocycles. The molecular formula is C44H44N8O6. The van der Waals surface area contributed by atoms with Crippen LogP contribution >= 0.6 is 0 Å². The fourth-order valence-corrected chi connectivity index (χ4v) is 7.47. The number of amides is 6. The average molecular weight is 781 g/mol. The number of hydrogen-bond donors (Lipinski definition) is 4. The van der Waals surface area contributed by atoms with Gasteiger partial charge in [0, 0.05) is 37.1 Å². The summed E-state index contributed by atoms with van der Waals surface area (Å²) in [7, 11) is 0. The van der Waals surface area contributed by atoms with Gasteiger partial charge in [0.05, 0.1) is 12.4 Å². The fourth-order valence-electron chi connectivity index (χ4n) is 7.47. The molecule has 4 aromatic rings. The zero-order chi connectivity index (χ0) is 40.4. The van der Waals surface area contributed by atoms with Gasteiger partial charge in [0.15, 0.2) is 0 Å². The van der Waals surface area contributed by atoms with Gasteiger partial charge in [-0.1, -0.05) is 84.9 Å². The number of nitrogens with one attached hydrogen (secondary N) is 4. The Balaban J connectivity index is 1.16. The first-order valence-corrected chi connectivity index (χ1v) is 19.4. The Bertz CT molecular complexity index is 2040. The van der Waals surface area contributed by atoms with E-state index in [1.807, 2.05) is 60.7 Å². The summed E-state index contributed by atoms with van der Waals surface area (Å²) in [6, 6.07) is 28.2. The number of rotatable bonds is 4. The monoisotopic (exact) mass is 780 g/mol. The van der Waals surface area contributed by atoms with Gasteiger partial charge in [-0.05, 0) is 72.2 Å². The third kappa shape index (κ3) is 9.52. The largest absolute Gasteiger partial charge is 0.342 e. The second kappa shape index (κ2) is 18.3. The summed E-state index contributed by atoms with van der Waals surface area (Å²) in [5, 5.41) is 14.0. The van der Waals surface area contributed by atoms with Crippen LogP contribution in [0.2, 0.25) is 0 Å². The molecular weight excluding hydrogens is 737 g/mol. The number of hydrogen-bond acceptors (Lipinski definition) is 8. The van der Waals surface area contributed by atoms with Crippen LogP contribution in [0.4, 0.5) is 0 Å². The number of benzene rings is 4. The summed E-state index contributed by atoms with van der Waals surface area (Å²) in [5.41, 5.74) is 8.63. The second-order valence-electron chi connectivity index (χ2n) is 14.5. The van der Waals surface area contributed by atoms with Crippen LogP contribution in [0, 0.1) is 0 Å². The second-order valence-corrected chi connectivity index (χ2v) is 14.5. The maximum Gasteiger partial charge on any atom is 0.262 e. The van der Waals surface area contributed by atoms with Crippen LogP contribution in [0.3, 0.4) is 0 Å². The van der Waals surface area contributed by atoms with Crippen LogP contribution in [0.15, 0.2) is 119 Å². The molecule has 4 N–H and O–H groups in total. The first-order chi connectivity index (χ1) is 28.2. The lowest BCUT2D eigenvalue weighted by Gasteiger charge is -2.26. The third-order valence-corrected chi connectivity index (χ3v) is 10.6. The van der Waals surface area contributed by atoms with E-state index in [0.29, 0.717) is 61.0 Å². The number of carbonyl (C=O) groups is 6. The molecule has 0 radical (unpaired) electrons. The first kappa shape index (κ1) is 39.3. The standard InChI is InChI=1S/C44H44N8O6/c53-39-35(25-29-9-3-1-4-10-29)47-41(55)37-13-7-23-51(37)43(57)33-21-17-32(18-22-33)28-46-50-40(54)36(26-30-11-5-2-6-12-30)48-42(56)38-14-8-24-52(38)44(58)34-19-15-31(16-20-34)27-45-49-39/h1-6,9-12,15-22,27-28,35-38H,7-8,13-14,23-26H2,(H,47,55)(H,48,56)(H,49,53)(H,50,54)/b45-27-,46-28-/t35-,36-,37-,38-/m0/s1. The van der Waals surface area contributed by atoms with Crippen molar-refractivity contribution >= 4 is 47.9 Å². The lowest BCUT2D eigenvalue weighted by molar-refractivity contribution is -0.131. The molecule has 14 nitrogen and oxygen atoms in total. The highest BCUT2D eigenvalue weighted by Gasteiger charge is 2.38. The van der Waals surface area contributed by atoms with Crippen LogP contribution in [0.25, 0.3) is 0 Å². The SMILES string of the molecule is O=C1N/N=C\c2ccc(cc2)C(=O)N2CCC[C@H]2C(=O)N[C@@H](Cc2ccccc2)C(=O)N/N=C\c2ccc(cc2)C(=O)N2CCC[C@H]2C(=O)N[C@H]1Cc1ccccc1. The van der Waals surface area contributed by atoms with E-state index in [-0.39, 0.29) is 24.7 Å². The predicted octanol–water partition coefficient (Wildman–Crippen LogP) is 2.96. The molecule has 14 heteroatoms. The molecule has 6 amide bonds. The summed E-state index contributed by atoms with van der Waals surface area (Å²) in [4.78, 5) is 85.1. The normalized spacial score (nSPS) is 23.2. The molecule has 4 atom stereocenters. The maximum atomic E-state index is 13.8. The molecule has 0 aliphatic carbocycles. The summed E-state index contributed by atoms with van der Waals surface area (Å²) < 4.78 is 0. The molecule has 6 heterocycles. The summed E-state index contributed by atoms with van der Waals surface area (Å²) in [6.45, 7) is 0.742. The molecule has 296 valence electrons. The van der Waals surface area contributed by atoms with Crippen LogP contribution in [-0.2, 0) is 32.0 Å². The highest BCUT2D eigenvalue weighted by Crippen LogP contribution is 2.23. The zero-order valence-electron chi connectivity index (χ0n) is 31.8. The van der Waals surface area contributed by atoms with Crippen LogP contribution in [0.1, 0.15) is 68.7 Å². The smallest absolute Gasteiger partial charge is 0.262 e. The van der Waals surface area contributed by atoms with Crippen molar-refractivity contribution in [3.05, 3.63) is 143 Å². The van der Waals surface area contributed by atoms with E-state index in [4.69, 9.17) is 0 Å². The van der Waals surface area contributed by atoms with Crippen molar-refractivity contribution in [3.63, 3.8) is 0 Å². The van der Waals surface area contributed by atoms with E-state index >= 15 is 0 Å². The molecule has 4 bridgehead atoms. The molecule has 0 aromatic heterocycles. The van der Waals surface area contributed by atoms with Crippen molar-refractivity contribution < 1.29 is 28.8 Å². The third-order valence-electron chi connectivity index (χ3n) is 10.6. The van der Waals surface area contributed by atoms with Crippen molar-refractivity contribution in [2.24, 2.45) is 10.2 Å². The van der Waals surface area contributed by atoms with Crippen LogP contribution < -0.4 is 21.5 Å². The van der Waals surface area contributed by atoms with Crippen LogP contribution in [-0.4, -0.2) is 94.9 Å². The fraction of sp³-hybridized carbons (Fsp3) is 0.273. The van der Waals surface area contributed by atoms with Crippen molar-refractivity contribution in [1.29, 1.82) is 0 Å². The molecule has 0 unspecified atom stereocenters. The molecule has 6 aliphatic heterocycles. The van der Waals surface area contributed by atoms with Gasteiger partial charge in [0.1, 0.15) is 24.2 Å². The van der Waals surface area contributed by atoms with E-state index in [2.05, 4.69) is 31.7 Å². The molecule has 2 fully saturated rings. The van der Waals surface area contributed by atoms with Gasteiger partial charge in [-0.15, -0.1) is 0 Å². The summed E-state index contributed by atoms with van der Waals surface area (Å²) >= 11 is 0. The molecule has 0 spiro atoms. The number of nitrogens with zero attached hydrogens (tertiary/aromatic N) is 4. The van der Waals surface area contributed by atoms with Gasteiger partial charge in [-0.2, -0.15) is 10.2 Å². The summed E-state index contributed by atoms with van der Waals surface area (Å²) in [6.07, 6.45) is 5.34. The number of hydrazone groups is 2. The predicted molar refractivity (Wildman–Crippen MR) is 217 cm³/mol. The maximum absolute atomic E-state index is 13.8. The Morgan fingerprint density at radius 3 is 1.24 bits per heavy atom. The first-order valence-electron chi connectivity index (χ1n) is 19.4. The van der Waals surface area contributed by atoms with Crippen LogP contribution in [0.5, 0.6) is 0 Å². The van der Waals surface area contributed by atoms with Gasteiger partial charge in [-0.25, -0.2) is 10.9 Å². The molecule has 10 rings (SSSR count). The minimum absolute atomic E-state index is 0.193. The van der Waals surface area contributed by atoms with E-state index in [9.17, 15) is 28.8 Å².